The summed E-state index contributed by atoms with van der Waals surface area (Å²) in [7, 11) is 2.07. The number of ether oxygens (including phenoxy) is 1. The van der Waals surface area contributed by atoms with Crippen molar-refractivity contribution >= 4 is 73.7 Å². The van der Waals surface area contributed by atoms with Crippen molar-refractivity contribution in [2.45, 2.75) is 39.3 Å². The first-order valence-electron chi connectivity index (χ1n) is 8.83. The molecule has 0 spiro atoms. The van der Waals surface area contributed by atoms with E-state index in [0.29, 0.717) is 16.1 Å². The quantitative estimate of drug-likeness (QED) is 0.284. The maximum Gasteiger partial charge on any atom is 0.342 e. The highest BCUT2D eigenvalue weighted by Gasteiger charge is 2.30. The lowest BCUT2D eigenvalue weighted by atomic mass is 10.0. The Labute approximate surface area is 196 Å². The molecule has 8 heteroatoms. The van der Waals surface area contributed by atoms with Crippen molar-refractivity contribution in [2.75, 3.05) is 13.6 Å². The minimum Gasteiger partial charge on any atom is -0.506 e. The summed E-state index contributed by atoms with van der Waals surface area (Å²) in [4.78, 5) is 20.9. The molecule has 1 aromatic heterocycles. The van der Waals surface area contributed by atoms with Crippen LogP contribution in [0.15, 0.2) is 17.1 Å². The summed E-state index contributed by atoms with van der Waals surface area (Å²) >= 11 is 5.84. The van der Waals surface area contributed by atoms with Gasteiger partial charge in [-0.05, 0) is 97.1 Å². The average Bonchev–Trinajstić information content (AvgIpc) is 2.92. The molecule has 0 saturated heterocycles. The first-order chi connectivity index (χ1) is 13.0. The van der Waals surface area contributed by atoms with Crippen LogP contribution in [0, 0.1) is 7.14 Å². The zero-order valence-corrected chi connectivity index (χ0v) is 21.3. The number of phenols is 1. The van der Waals surface area contributed by atoms with Crippen LogP contribution in [-0.2, 0) is 17.7 Å². The summed E-state index contributed by atoms with van der Waals surface area (Å²) in [6, 6.07) is 3.77. The number of esters is 1. The van der Waals surface area contributed by atoms with Crippen LogP contribution in [0.1, 0.15) is 47.1 Å². The number of halogens is 2. The Morgan fingerprint density at radius 2 is 2.07 bits per heavy atom. The molecule has 0 amide bonds. The van der Waals surface area contributed by atoms with Crippen LogP contribution in [0.25, 0.3) is 0 Å². The predicted octanol–water partition coefficient (Wildman–Crippen LogP) is 5.36. The van der Waals surface area contributed by atoms with Gasteiger partial charge in [0.15, 0.2) is 0 Å². The number of fused-ring (bicyclic) bond motifs is 1. The molecule has 0 saturated carbocycles. The number of hydrogen-bond acceptors (Lipinski definition) is 6. The second kappa shape index (κ2) is 8.57. The van der Waals surface area contributed by atoms with Crippen LogP contribution < -0.4 is 0 Å². The van der Waals surface area contributed by atoms with Crippen molar-refractivity contribution in [1.29, 1.82) is 0 Å². The molecule has 1 aliphatic heterocycles. The summed E-state index contributed by atoms with van der Waals surface area (Å²) < 4.78 is 7.44. The van der Waals surface area contributed by atoms with E-state index in [1.165, 1.54) is 11.3 Å². The van der Waals surface area contributed by atoms with Crippen LogP contribution in [0.5, 0.6) is 5.75 Å². The van der Waals surface area contributed by atoms with Gasteiger partial charge in [-0.3, -0.25) is 0 Å². The predicted molar refractivity (Wildman–Crippen MR) is 130 cm³/mol. The van der Waals surface area contributed by atoms with E-state index in [0.717, 1.165) is 37.1 Å². The van der Waals surface area contributed by atoms with Gasteiger partial charge in [0, 0.05) is 33.3 Å². The van der Waals surface area contributed by atoms with Crippen LogP contribution >= 0.6 is 56.5 Å². The minimum absolute atomic E-state index is 0.199. The fraction of sp³-hybridized carbons (Fsp3) is 0.400. The first-order valence-corrected chi connectivity index (χ1v) is 11.8. The van der Waals surface area contributed by atoms with E-state index in [1.807, 2.05) is 32.9 Å². The third-order valence-electron chi connectivity index (χ3n) is 4.21. The standard InChI is InChI=1S/C20H22I2N2O3S/c1-20(2,3)27-19(26)16-13-5-6-24(4)10-15(13)28-18(16)23-9-11-7-12(21)8-14(22)17(11)25/h7-9,25H,5-6,10H2,1-4H3/b23-9+. The summed E-state index contributed by atoms with van der Waals surface area (Å²) in [5, 5.41) is 11.0. The minimum atomic E-state index is -0.567. The molecule has 0 fully saturated rings. The lowest BCUT2D eigenvalue weighted by Crippen LogP contribution is -2.28. The van der Waals surface area contributed by atoms with Crippen molar-refractivity contribution < 1.29 is 14.6 Å². The summed E-state index contributed by atoms with van der Waals surface area (Å²) in [6.45, 7) is 7.31. The summed E-state index contributed by atoms with van der Waals surface area (Å²) in [5.41, 5.74) is 1.68. The second-order valence-corrected chi connectivity index (χ2v) is 11.2. The van der Waals surface area contributed by atoms with Gasteiger partial charge in [0.1, 0.15) is 16.4 Å². The van der Waals surface area contributed by atoms with E-state index in [9.17, 15) is 9.90 Å². The Balaban J connectivity index is 2.04. The van der Waals surface area contributed by atoms with Crippen molar-refractivity contribution in [2.24, 2.45) is 4.99 Å². The van der Waals surface area contributed by atoms with E-state index < -0.39 is 5.60 Å². The number of benzene rings is 1. The molecule has 3 rings (SSSR count). The molecule has 1 aromatic carbocycles. The molecule has 2 aromatic rings. The van der Waals surface area contributed by atoms with Crippen LogP contribution in [0.4, 0.5) is 5.00 Å². The molecule has 0 aliphatic carbocycles. The van der Waals surface area contributed by atoms with E-state index in [2.05, 4.69) is 62.1 Å². The molecule has 28 heavy (non-hydrogen) atoms. The molecule has 2 heterocycles. The van der Waals surface area contributed by atoms with Crippen molar-refractivity contribution in [3.63, 3.8) is 0 Å². The van der Waals surface area contributed by atoms with Crippen LogP contribution in [-0.4, -0.2) is 41.4 Å². The van der Waals surface area contributed by atoms with Crippen molar-refractivity contribution in [3.05, 3.63) is 40.8 Å². The van der Waals surface area contributed by atoms with E-state index in [4.69, 9.17) is 4.74 Å². The monoisotopic (exact) mass is 624 g/mol. The van der Waals surface area contributed by atoms with Gasteiger partial charge < -0.3 is 14.7 Å². The fourth-order valence-electron chi connectivity index (χ4n) is 2.96. The number of thiophene rings is 1. The molecular formula is C20H22I2N2O3S. The van der Waals surface area contributed by atoms with Gasteiger partial charge in [0.2, 0.25) is 0 Å². The van der Waals surface area contributed by atoms with E-state index in [-0.39, 0.29) is 11.7 Å². The number of carbonyl (C=O) groups is 1. The van der Waals surface area contributed by atoms with Gasteiger partial charge in [0.25, 0.3) is 0 Å². The van der Waals surface area contributed by atoms with Gasteiger partial charge in [-0.15, -0.1) is 11.3 Å². The number of aliphatic imine (C=N–C) groups is 1. The molecule has 1 N–H and O–H groups in total. The smallest absolute Gasteiger partial charge is 0.342 e. The molecule has 150 valence electrons. The van der Waals surface area contributed by atoms with Gasteiger partial charge in [0.05, 0.1) is 9.13 Å². The number of aromatic hydroxyl groups is 1. The zero-order chi connectivity index (χ0) is 20.6. The fourth-order valence-corrected chi connectivity index (χ4v) is 6.11. The SMILES string of the molecule is CN1CCc2c(sc(/N=C/c3cc(I)cc(I)c3O)c2C(=O)OC(C)(C)C)C1. The first kappa shape index (κ1) is 22.0. The largest absolute Gasteiger partial charge is 0.506 e. The van der Waals surface area contributed by atoms with Crippen LogP contribution in [0.3, 0.4) is 0 Å². The molecule has 5 nitrogen and oxygen atoms in total. The Morgan fingerprint density at radius 3 is 2.75 bits per heavy atom. The molecular weight excluding hydrogens is 602 g/mol. The Kier molecular flexibility index (Phi) is 6.72. The Bertz CT molecular complexity index is 948. The van der Waals surface area contributed by atoms with E-state index >= 15 is 0 Å². The van der Waals surface area contributed by atoms with Gasteiger partial charge in [-0.1, -0.05) is 0 Å². The zero-order valence-electron chi connectivity index (χ0n) is 16.2. The highest BCUT2D eigenvalue weighted by Crippen LogP contribution is 2.40. The second-order valence-electron chi connectivity index (χ2n) is 7.76. The average molecular weight is 624 g/mol. The lowest BCUT2D eigenvalue weighted by molar-refractivity contribution is 0.00694. The van der Waals surface area contributed by atoms with Gasteiger partial charge >= 0.3 is 5.97 Å². The number of hydrogen-bond donors (Lipinski definition) is 1. The number of carbonyl (C=O) groups excluding carboxylic acids is 1. The lowest BCUT2D eigenvalue weighted by Gasteiger charge is -2.23. The molecule has 0 radical (unpaired) electrons. The Morgan fingerprint density at radius 1 is 1.36 bits per heavy atom. The summed E-state index contributed by atoms with van der Waals surface area (Å²) in [6.07, 6.45) is 2.44. The van der Waals surface area contributed by atoms with Crippen molar-refractivity contribution in [1.82, 2.24) is 4.90 Å². The third-order valence-corrected chi connectivity index (χ3v) is 6.78. The molecule has 0 atom stereocenters. The number of nitrogens with zero attached hydrogens (tertiary/aromatic N) is 2. The van der Waals surface area contributed by atoms with Crippen LogP contribution in [0.2, 0.25) is 0 Å². The maximum absolute atomic E-state index is 12.9. The third kappa shape index (κ3) is 5.06. The topological polar surface area (TPSA) is 62.1 Å². The number of phenolic OH excluding ortho intramolecular Hbond substituents is 1. The summed E-state index contributed by atoms with van der Waals surface area (Å²) in [5.74, 6) is -0.132. The van der Waals surface area contributed by atoms with Gasteiger partial charge in [-0.2, -0.15) is 0 Å². The maximum atomic E-state index is 12.9. The Hall–Kier alpha value is -0.720. The van der Waals surface area contributed by atoms with Crippen molar-refractivity contribution in [3.8, 4) is 5.75 Å². The number of likely N-dealkylation sites (N-methyl/N-ethyl adjacent to an activating group) is 1. The molecule has 0 bridgehead atoms. The van der Waals surface area contributed by atoms with Gasteiger partial charge in [-0.25, -0.2) is 9.79 Å². The highest BCUT2D eigenvalue weighted by molar-refractivity contribution is 14.1. The highest BCUT2D eigenvalue weighted by atomic mass is 127. The van der Waals surface area contributed by atoms with E-state index in [1.54, 1.807) is 6.21 Å². The molecule has 1 aliphatic rings. The molecule has 0 unspecified atom stereocenters. The normalized spacial score (nSPS) is 15.1. The number of rotatable bonds is 3.